The number of nitrogen functional groups attached to an aromatic ring is 1. The number of fused-ring (bicyclic) bond motifs is 1. The van der Waals surface area contributed by atoms with Crippen molar-refractivity contribution >= 4 is 43.9 Å². The lowest BCUT2D eigenvalue weighted by Crippen LogP contribution is -2.48. The fraction of sp³-hybridized carbons (Fsp3) is 0.621. The Bertz CT molecular complexity index is 1560. The molecule has 0 bridgehead atoms. The fourth-order valence-electron chi connectivity index (χ4n) is 4.24. The quantitative estimate of drug-likeness (QED) is 0.211. The number of hydrogen-bond donors (Lipinski definition) is 1. The third-order valence-corrected chi connectivity index (χ3v) is 19.3. The number of aryl methyl sites for hydroxylation is 1. The van der Waals surface area contributed by atoms with Crippen LogP contribution < -0.4 is 9.92 Å². The van der Waals surface area contributed by atoms with Gasteiger partial charge in [0.25, 0.3) is 5.88 Å². The first kappa shape index (κ1) is 33.5. The summed E-state index contributed by atoms with van der Waals surface area (Å²) in [6.07, 6.45) is 1.05. The Morgan fingerprint density at radius 2 is 1.60 bits per heavy atom. The van der Waals surface area contributed by atoms with Crippen molar-refractivity contribution in [2.75, 3.05) is 12.3 Å². The first-order chi connectivity index (χ1) is 19.6. The summed E-state index contributed by atoms with van der Waals surface area (Å²) in [7, 11) is -8.39. The van der Waals surface area contributed by atoms with Crippen LogP contribution >= 0.6 is 0 Å². The van der Waals surface area contributed by atoms with Gasteiger partial charge in [0.15, 0.2) is 27.8 Å². The average molecular weight is 650 g/mol. The molecule has 3 heterocycles. The van der Waals surface area contributed by atoms with Crippen LogP contribution in [0.1, 0.15) is 59.8 Å². The summed E-state index contributed by atoms with van der Waals surface area (Å²) in [5, 5.41) is 0.0551. The average Bonchev–Trinajstić information content (AvgIpc) is 3.45. The summed E-state index contributed by atoms with van der Waals surface area (Å²) in [6, 6.07) is 6.34. The van der Waals surface area contributed by atoms with E-state index < -0.39 is 33.0 Å². The van der Waals surface area contributed by atoms with Crippen LogP contribution in [0.15, 0.2) is 35.5 Å². The van der Waals surface area contributed by atoms with Gasteiger partial charge < -0.3 is 23.5 Å². The zero-order chi connectivity index (χ0) is 32.2. The van der Waals surface area contributed by atoms with E-state index >= 15 is 0 Å². The summed E-state index contributed by atoms with van der Waals surface area (Å²) in [6.45, 7) is 24.4. The fourth-order valence-corrected chi connectivity index (χ4v) is 7.50. The zero-order valence-corrected chi connectivity index (χ0v) is 30.1. The van der Waals surface area contributed by atoms with Crippen molar-refractivity contribution in [3.05, 3.63) is 36.2 Å². The maximum absolute atomic E-state index is 13.0. The number of ether oxygens (including phenoxy) is 1. The Kier molecular flexibility index (Phi) is 8.99. The molecule has 4 rings (SSSR count). The van der Waals surface area contributed by atoms with Crippen molar-refractivity contribution in [3.63, 3.8) is 0 Å². The number of aromatic nitrogens is 4. The highest BCUT2D eigenvalue weighted by Crippen LogP contribution is 2.43. The number of nitrogens with zero attached hydrogens (tertiary/aromatic N) is 4. The van der Waals surface area contributed by atoms with E-state index in [0.717, 1.165) is 5.56 Å². The number of rotatable bonds is 9. The third-order valence-electron chi connectivity index (χ3n) is 9.06. The van der Waals surface area contributed by atoms with Crippen LogP contribution in [0.3, 0.4) is 0 Å². The highest BCUT2D eigenvalue weighted by molar-refractivity contribution is 7.87. The maximum atomic E-state index is 13.0. The van der Waals surface area contributed by atoms with E-state index in [1.54, 1.807) is 23.0 Å². The number of imidazole rings is 1. The number of benzene rings is 1. The SMILES string of the molecule is Cc1ccc(S(=O)(=O)Oc2nc(N)nc3c2ncn3[C@H]2C[C@@H](O[Si](C)(C)C(C)(C)C)[C@@H](CO[Si](C)(C)C(C)(C)C)O2)cc1. The molecule has 0 aliphatic carbocycles. The number of anilines is 1. The summed E-state index contributed by atoms with van der Waals surface area (Å²) < 4.78 is 53.4. The minimum Gasteiger partial charge on any atom is -0.414 e. The molecule has 0 unspecified atom stereocenters. The smallest absolute Gasteiger partial charge is 0.340 e. The predicted octanol–water partition coefficient (Wildman–Crippen LogP) is 6.18. The molecule has 3 atom stereocenters. The molecule has 238 valence electrons. The van der Waals surface area contributed by atoms with Gasteiger partial charge in [-0.3, -0.25) is 4.57 Å². The molecule has 1 fully saturated rings. The minimum absolute atomic E-state index is 0.00261. The van der Waals surface area contributed by atoms with Gasteiger partial charge in [-0.2, -0.15) is 18.4 Å². The molecule has 0 amide bonds. The maximum Gasteiger partial charge on any atom is 0.340 e. The van der Waals surface area contributed by atoms with Crippen LogP contribution in [0.4, 0.5) is 5.95 Å². The molecule has 43 heavy (non-hydrogen) atoms. The molecule has 0 saturated carbocycles. The first-order valence-corrected chi connectivity index (χ1v) is 21.8. The van der Waals surface area contributed by atoms with E-state index in [2.05, 4.69) is 82.7 Å². The van der Waals surface area contributed by atoms with Crippen LogP contribution in [0.25, 0.3) is 11.2 Å². The van der Waals surface area contributed by atoms with Crippen LogP contribution in [-0.2, 0) is 23.7 Å². The monoisotopic (exact) mass is 649 g/mol. The van der Waals surface area contributed by atoms with Crippen molar-refractivity contribution in [2.45, 2.75) is 114 Å². The van der Waals surface area contributed by atoms with Crippen LogP contribution in [-0.4, -0.2) is 63.4 Å². The summed E-state index contributed by atoms with van der Waals surface area (Å²) in [5.74, 6) is -0.389. The number of nitrogens with two attached hydrogens (primary N) is 1. The molecular formula is C29H47N5O6SSi2. The molecule has 1 aliphatic rings. The Labute approximate surface area is 257 Å². The molecule has 2 N–H and O–H groups in total. The Balaban J connectivity index is 1.66. The molecule has 14 heteroatoms. The lowest BCUT2D eigenvalue weighted by Gasteiger charge is -2.40. The predicted molar refractivity (Wildman–Crippen MR) is 172 cm³/mol. The normalized spacial score (nSPS) is 20.6. The van der Waals surface area contributed by atoms with Gasteiger partial charge in [0, 0.05) is 6.42 Å². The standard InChI is InChI=1S/C29H47N5O6SSi2/c1-19-12-14-20(15-13-19)41(35,36)39-26-24-25(32-27(30)33-26)34(18-31-24)23-16-21(40-43(10,11)29(5,6)7)22(38-23)17-37-42(8,9)28(2,3)4/h12-15,18,21-23H,16-17H2,1-11H3,(H2,30,32,33)/t21-,22-,23-/m1/s1. The van der Waals surface area contributed by atoms with Gasteiger partial charge >= 0.3 is 10.1 Å². The van der Waals surface area contributed by atoms with Crippen molar-refractivity contribution in [1.82, 2.24) is 19.5 Å². The lowest BCUT2D eigenvalue weighted by atomic mass is 10.2. The Hall–Kier alpha value is -2.37. The lowest BCUT2D eigenvalue weighted by molar-refractivity contribution is -0.0383. The summed E-state index contributed by atoms with van der Waals surface area (Å²) in [5.41, 5.74) is 7.43. The van der Waals surface area contributed by atoms with Gasteiger partial charge in [-0.25, -0.2) is 4.98 Å². The zero-order valence-electron chi connectivity index (χ0n) is 27.3. The van der Waals surface area contributed by atoms with Gasteiger partial charge in [-0.1, -0.05) is 59.2 Å². The Morgan fingerprint density at radius 1 is 1.00 bits per heavy atom. The van der Waals surface area contributed by atoms with Crippen LogP contribution in [0, 0.1) is 6.92 Å². The van der Waals surface area contributed by atoms with Gasteiger partial charge in [-0.15, -0.1) is 0 Å². The molecular weight excluding hydrogens is 603 g/mol. The van der Waals surface area contributed by atoms with E-state index in [9.17, 15) is 8.42 Å². The van der Waals surface area contributed by atoms with Crippen molar-refractivity contribution in [2.24, 2.45) is 0 Å². The van der Waals surface area contributed by atoms with Gasteiger partial charge in [0.2, 0.25) is 5.95 Å². The topological polar surface area (TPSA) is 141 Å². The molecule has 1 aromatic carbocycles. The highest BCUT2D eigenvalue weighted by Gasteiger charge is 2.47. The third kappa shape index (κ3) is 7.15. The van der Waals surface area contributed by atoms with Crippen LogP contribution in [0.2, 0.25) is 36.3 Å². The molecule has 1 aliphatic heterocycles. The second-order valence-electron chi connectivity index (χ2n) is 14.4. The molecule has 11 nitrogen and oxygen atoms in total. The van der Waals surface area contributed by atoms with Gasteiger partial charge in [0.1, 0.15) is 17.2 Å². The molecule has 0 spiro atoms. The van der Waals surface area contributed by atoms with E-state index in [-0.39, 0.29) is 44.5 Å². The largest absolute Gasteiger partial charge is 0.414 e. The second kappa shape index (κ2) is 11.5. The van der Waals surface area contributed by atoms with E-state index in [4.69, 9.17) is 23.5 Å². The highest BCUT2D eigenvalue weighted by atomic mass is 32.2. The molecule has 2 aromatic heterocycles. The molecule has 1 saturated heterocycles. The summed E-state index contributed by atoms with van der Waals surface area (Å²) in [4.78, 5) is 12.9. The Morgan fingerprint density at radius 3 is 2.19 bits per heavy atom. The van der Waals surface area contributed by atoms with Crippen LogP contribution in [0.5, 0.6) is 5.88 Å². The summed E-state index contributed by atoms with van der Waals surface area (Å²) >= 11 is 0. The van der Waals surface area contributed by atoms with E-state index in [1.807, 2.05) is 6.92 Å². The molecule has 0 radical (unpaired) electrons. The van der Waals surface area contributed by atoms with Crippen molar-refractivity contribution in [1.29, 1.82) is 0 Å². The van der Waals surface area contributed by atoms with Crippen molar-refractivity contribution in [3.8, 4) is 5.88 Å². The van der Waals surface area contributed by atoms with Gasteiger partial charge in [0.05, 0.1) is 19.0 Å². The van der Waals surface area contributed by atoms with E-state index in [1.165, 1.54) is 12.1 Å². The molecule has 3 aromatic rings. The minimum atomic E-state index is -4.19. The number of hydrogen-bond acceptors (Lipinski definition) is 10. The first-order valence-electron chi connectivity index (χ1n) is 14.6. The van der Waals surface area contributed by atoms with Crippen molar-refractivity contribution < 1.29 is 26.2 Å². The second-order valence-corrected chi connectivity index (χ2v) is 25.5. The van der Waals surface area contributed by atoms with E-state index in [0.29, 0.717) is 18.7 Å². The van der Waals surface area contributed by atoms with Gasteiger partial charge in [-0.05, 0) is 55.3 Å².